The van der Waals surface area contributed by atoms with Crippen LogP contribution in [0, 0.1) is 0 Å². The molecule has 0 bridgehead atoms. The van der Waals surface area contributed by atoms with Crippen molar-refractivity contribution >= 4 is 92.7 Å². The molecule has 2 rings (SSSR count). The summed E-state index contributed by atoms with van der Waals surface area (Å²) in [5, 5.41) is 21.7. The number of ether oxygens (including phenoxy) is 8. The molecule has 32 nitrogen and oxygen atoms in total. The largest absolute Gasteiger partial charge is 0.379 e. The average Bonchev–Trinajstić information content (AvgIpc) is 2.92. The molecule has 2 aliphatic heterocycles. The van der Waals surface area contributed by atoms with Gasteiger partial charge in [0, 0.05) is 115 Å². The number of amides is 13. The third-order valence-corrected chi connectivity index (χ3v) is 13.0. The molecule has 2 atom stereocenters. The Morgan fingerprint density at radius 3 is 0.989 bits per heavy atom. The Morgan fingerprint density at radius 2 is 0.652 bits per heavy atom. The Bertz CT molecular complexity index is 2250. The van der Waals surface area contributed by atoms with E-state index in [0.717, 1.165) is 34.1 Å². The van der Waals surface area contributed by atoms with E-state index in [1.807, 2.05) is 0 Å². The van der Waals surface area contributed by atoms with Crippen molar-refractivity contribution in [3.05, 3.63) is 24.3 Å². The second-order valence-corrected chi connectivity index (χ2v) is 20.1. The SMILES string of the molecule is NC(=O)C(CCCCNC(=O)CBr)NC(=O)C(CCCCNC(=O)CCOCCOCCNC(=O)CCOCCOCCNC(=O)CCN1C(=O)C=CC1=O)NC(=O)CCOCCOCCNC(=O)CCOCCOCCNC(=O)CCN1C(=O)C=CC1=O. The predicted molar refractivity (Wildman–Crippen MR) is 319 cm³/mol. The smallest absolute Gasteiger partial charge is 0.253 e. The van der Waals surface area contributed by atoms with Gasteiger partial charge in [-0.2, -0.15) is 0 Å². The third kappa shape index (κ3) is 41.2. The van der Waals surface area contributed by atoms with E-state index in [1.165, 1.54) is 0 Å². The van der Waals surface area contributed by atoms with Crippen molar-refractivity contribution in [2.75, 3.05) is 163 Å². The van der Waals surface area contributed by atoms with Crippen LogP contribution >= 0.6 is 15.9 Å². The monoisotopic (exact) mass is 1330 g/mol. The van der Waals surface area contributed by atoms with Crippen molar-refractivity contribution in [1.29, 1.82) is 0 Å². The summed E-state index contributed by atoms with van der Waals surface area (Å²) in [6, 6.07) is -2.06. The number of nitrogens with zero attached hydrogens (tertiary/aromatic N) is 2. The number of primary amides is 1. The summed E-state index contributed by atoms with van der Waals surface area (Å²) >= 11 is 3.07. The van der Waals surface area contributed by atoms with Crippen LogP contribution in [-0.4, -0.2) is 262 Å². The molecule has 0 aromatic carbocycles. The summed E-state index contributed by atoms with van der Waals surface area (Å²) in [5.74, 6) is -5.17. The van der Waals surface area contributed by atoms with E-state index in [1.54, 1.807) is 0 Å². The number of hydrogen-bond acceptors (Lipinski definition) is 21. The Labute approximate surface area is 526 Å². The molecule has 0 aromatic rings. The maximum atomic E-state index is 13.5. The van der Waals surface area contributed by atoms with Crippen LogP contribution in [0.4, 0.5) is 0 Å². The highest BCUT2D eigenvalue weighted by molar-refractivity contribution is 9.09. The molecule has 0 saturated heterocycles. The van der Waals surface area contributed by atoms with Gasteiger partial charge >= 0.3 is 0 Å². The fourth-order valence-corrected chi connectivity index (χ4v) is 7.91. The molecule has 0 aromatic heterocycles. The lowest BCUT2D eigenvalue weighted by Crippen LogP contribution is -2.53. The Balaban J connectivity index is 1.52. The molecule has 0 fully saturated rings. The zero-order valence-corrected chi connectivity index (χ0v) is 52.1. The highest BCUT2D eigenvalue weighted by atomic mass is 79.9. The summed E-state index contributed by atoms with van der Waals surface area (Å²) < 4.78 is 43.6. The second kappa shape index (κ2) is 51.0. The number of halogens is 1. The third-order valence-electron chi connectivity index (χ3n) is 12.5. The van der Waals surface area contributed by atoms with Crippen molar-refractivity contribution in [3.63, 3.8) is 0 Å². The highest BCUT2D eigenvalue weighted by Gasteiger charge is 2.27. The van der Waals surface area contributed by atoms with Crippen LogP contribution in [0.15, 0.2) is 24.3 Å². The van der Waals surface area contributed by atoms with Crippen molar-refractivity contribution in [2.45, 2.75) is 89.1 Å². The van der Waals surface area contributed by atoms with Crippen LogP contribution in [0.3, 0.4) is 0 Å². The first-order chi connectivity index (χ1) is 43.0. The second-order valence-electron chi connectivity index (χ2n) is 19.5. The number of alkyl halides is 1. The quantitative estimate of drug-likeness (QED) is 0.0160. The Morgan fingerprint density at radius 1 is 0.360 bits per heavy atom. The van der Waals surface area contributed by atoms with E-state index >= 15 is 0 Å². The molecule has 0 aliphatic carbocycles. The maximum absolute atomic E-state index is 13.5. The Hall–Kier alpha value is -6.85. The maximum Gasteiger partial charge on any atom is 0.253 e. The van der Waals surface area contributed by atoms with Crippen molar-refractivity contribution < 1.29 is 100 Å². The molecule has 0 spiro atoms. The van der Waals surface area contributed by atoms with E-state index in [2.05, 4.69) is 58.5 Å². The molecule has 2 heterocycles. The molecule has 2 unspecified atom stereocenters. The van der Waals surface area contributed by atoms with Gasteiger partial charge in [-0.3, -0.25) is 72.1 Å². The number of carbonyl (C=O) groups excluding carboxylic acids is 13. The van der Waals surface area contributed by atoms with Gasteiger partial charge in [0.15, 0.2) is 0 Å². The molecule has 13 amide bonds. The Kier molecular flexibility index (Phi) is 44.8. The first-order valence-electron chi connectivity index (χ1n) is 29.7. The molecular weight excluding hydrogens is 1240 g/mol. The van der Waals surface area contributed by atoms with Crippen LogP contribution in [0.5, 0.6) is 0 Å². The standard InChI is InChI=1S/C56H90BrN11O21/c57-41-50(75)60-18-3-1-5-42(55(58)80)66-56(81)43(65-49(74)16-28-85-36-40-89-32-22-64-48(73)15-27-84-35-38-87-30-20-62-45(70)12-24-68-53(78)9-10-54(68)79)6-2-4-17-59-46(71)13-25-82-33-39-88-31-21-63-47(72)14-26-83-34-37-86-29-19-61-44(69)11-23-67-51(76)7-8-52(67)77/h7-10,42-43H,1-6,11-41H2,(H2,58,80)(H,59,71)(H,60,75)(H,61,69)(H,62,70)(H,63,72)(H,64,73)(H,65,74)(H,66,81). The van der Waals surface area contributed by atoms with E-state index in [0.29, 0.717) is 32.2 Å². The van der Waals surface area contributed by atoms with Gasteiger partial charge in [-0.15, -0.1) is 0 Å². The first kappa shape index (κ1) is 78.2. The van der Waals surface area contributed by atoms with Gasteiger partial charge in [-0.25, -0.2) is 0 Å². The zero-order valence-electron chi connectivity index (χ0n) is 50.6. The minimum atomic E-state index is -1.04. The number of nitrogens with one attached hydrogen (secondary N) is 8. The lowest BCUT2D eigenvalue weighted by atomic mass is 10.1. The van der Waals surface area contributed by atoms with E-state index < -0.39 is 53.4 Å². The minimum Gasteiger partial charge on any atom is -0.379 e. The molecule has 0 saturated carbocycles. The van der Waals surface area contributed by atoms with Gasteiger partial charge < -0.3 is 86.2 Å². The van der Waals surface area contributed by atoms with Crippen LogP contribution in [0.25, 0.3) is 0 Å². The average molecular weight is 1330 g/mol. The molecule has 89 heavy (non-hydrogen) atoms. The summed E-state index contributed by atoms with van der Waals surface area (Å²) in [6.45, 7) is 4.86. The number of hydrogen-bond donors (Lipinski definition) is 9. The lowest BCUT2D eigenvalue weighted by molar-refractivity contribution is -0.139. The summed E-state index contributed by atoms with van der Waals surface area (Å²) in [7, 11) is 0. The summed E-state index contributed by atoms with van der Waals surface area (Å²) in [4.78, 5) is 159. The van der Waals surface area contributed by atoms with Gasteiger partial charge in [0.2, 0.25) is 53.2 Å². The molecule has 2 aliphatic rings. The fourth-order valence-electron chi connectivity index (χ4n) is 7.71. The van der Waals surface area contributed by atoms with E-state index in [9.17, 15) is 62.3 Å². The molecule has 0 radical (unpaired) electrons. The van der Waals surface area contributed by atoms with Gasteiger partial charge in [-0.05, 0) is 38.5 Å². The van der Waals surface area contributed by atoms with Crippen LogP contribution in [0.1, 0.15) is 77.0 Å². The van der Waals surface area contributed by atoms with Gasteiger partial charge in [-0.1, -0.05) is 15.9 Å². The van der Waals surface area contributed by atoms with Gasteiger partial charge in [0.05, 0.1) is 111 Å². The number of imide groups is 2. The minimum absolute atomic E-state index is 0.00181. The number of unbranched alkanes of at least 4 members (excludes halogenated alkanes) is 2. The van der Waals surface area contributed by atoms with E-state index in [-0.39, 0.29) is 244 Å². The zero-order chi connectivity index (χ0) is 65.1. The fraction of sp³-hybridized carbons (Fsp3) is 0.696. The van der Waals surface area contributed by atoms with Crippen LogP contribution < -0.4 is 48.3 Å². The number of rotatable bonds is 57. The normalized spacial score (nSPS) is 13.3. The molecule has 33 heteroatoms. The topological polar surface area (TPSA) is 424 Å². The molecule has 10 N–H and O–H groups in total. The van der Waals surface area contributed by atoms with Gasteiger partial charge in [0.25, 0.3) is 23.6 Å². The summed E-state index contributed by atoms with van der Waals surface area (Å²) in [5.41, 5.74) is 5.61. The first-order valence-corrected chi connectivity index (χ1v) is 30.9. The van der Waals surface area contributed by atoms with Gasteiger partial charge in [0.1, 0.15) is 12.1 Å². The van der Waals surface area contributed by atoms with Crippen LogP contribution in [0.2, 0.25) is 0 Å². The predicted octanol–water partition coefficient (Wildman–Crippen LogP) is -3.80. The van der Waals surface area contributed by atoms with Crippen LogP contribution in [-0.2, 0) is 100 Å². The lowest BCUT2D eigenvalue weighted by Gasteiger charge is -2.22. The van der Waals surface area contributed by atoms with Crippen molar-refractivity contribution in [1.82, 2.24) is 52.3 Å². The molecule has 502 valence electrons. The van der Waals surface area contributed by atoms with E-state index in [4.69, 9.17) is 43.6 Å². The summed E-state index contributed by atoms with van der Waals surface area (Å²) in [6.07, 6.45) is 7.11. The van der Waals surface area contributed by atoms with Crippen molar-refractivity contribution in [2.24, 2.45) is 5.73 Å². The van der Waals surface area contributed by atoms with Crippen molar-refractivity contribution in [3.8, 4) is 0 Å². The molecular formula is C56H90BrN11O21. The number of nitrogens with two attached hydrogens (primary N) is 1. The number of carbonyl (C=O) groups is 13. The highest BCUT2D eigenvalue weighted by Crippen LogP contribution is 2.08.